The molecule has 1 aliphatic heterocycles. The van der Waals surface area contributed by atoms with Gasteiger partial charge in [-0.25, -0.2) is 4.98 Å². The van der Waals surface area contributed by atoms with Gasteiger partial charge in [0.05, 0.1) is 25.5 Å². The maximum atomic E-state index is 9.41. The first kappa shape index (κ1) is 13.2. The fraction of sp³-hybridized carbons (Fsp3) is 0.235. The van der Waals surface area contributed by atoms with Crippen molar-refractivity contribution in [3.8, 4) is 22.8 Å². The van der Waals surface area contributed by atoms with Crippen LogP contribution in [0, 0.1) is 0 Å². The van der Waals surface area contributed by atoms with E-state index in [2.05, 4.69) is 4.98 Å². The number of aromatic nitrogens is 2. The summed E-state index contributed by atoms with van der Waals surface area (Å²) in [6.07, 6.45) is 4.76. The first-order valence-electron chi connectivity index (χ1n) is 7.32. The Hall–Kier alpha value is -2.53. The van der Waals surface area contributed by atoms with Crippen LogP contribution in [0.3, 0.4) is 0 Å². The molecule has 1 aromatic carbocycles. The van der Waals surface area contributed by atoms with Gasteiger partial charge in [-0.15, -0.1) is 0 Å². The summed E-state index contributed by atoms with van der Waals surface area (Å²) in [7, 11) is 0. The summed E-state index contributed by atoms with van der Waals surface area (Å²) >= 11 is 0. The van der Waals surface area contributed by atoms with Gasteiger partial charge in [0.25, 0.3) is 0 Å². The smallest absolute Gasteiger partial charge is 0.161 e. The summed E-state index contributed by atoms with van der Waals surface area (Å²) in [5.74, 6) is 1.54. The molecular formula is C17H16N2O3. The Labute approximate surface area is 127 Å². The van der Waals surface area contributed by atoms with Crippen LogP contribution in [0.5, 0.6) is 11.5 Å². The number of hydrogen-bond donors (Lipinski definition) is 1. The maximum Gasteiger partial charge on any atom is 0.161 e. The third kappa shape index (κ3) is 2.19. The molecule has 3 aromatic rings. The monoisotopic (exact) mass is 296 g/mol. The van der Waals surface area contributed by atoms with Gasteiger partial charge in [-0.3, -0.25) is 0 Å². The Kier molecular flexibility index (Phi) is 3.20. The van der Waals surface area contributed by atoms with Gasteiger partial charge in [0.15, 0.2) is 11.5 Å². The van der Waals surface area contributed by atoms with E-state index in [1.807, 2.05) is 47.1 Å². The van der Waals surface area contributed by atoms with Gasteiger partial charge in [0.1, 0.15) is 5.65 Å². The SMILES string of the molecule is OCc1cccn2cc(-c3ccc4c(c3)OCCCO4)nc12. The number of benzene rings is 1. The van der Waals surface area contributed by atoms with Crippen molar-refractivity contribution >= 4 is 5.65 Å². The van der Waals surface area contributed by atoms with Crippen LogP contribution in [-0.2, 0) is 6.61 Å². The lowest BCUT2D eigenvalue weighted by Gasteiger charge is -2.07. The molecule has 1 aliphatic rings. The lowest BCUT2D eigenvalue weighted by atomic mass is 10.1. The molecule has 5 nitrogen and oxygen atoms in total. The van der Waals surface area contributed by atoms with Gasteiger partial charge >= 0.3 is 0 Å². The van der Waals surface area contributed by atoms with Crippen LogP contribution in [0.15, 0.2) is 42.7 Å². The molecule has 0 aliphatic carbocycles. The third-order valence-corrected chi connectivity index (χ3v) is 3.78. The Bertz CT molecular complexity index is 826. The number of pyridine rings is 1. The van der Waals surface area contributed by atoms with E-state index < -0.39 is 0 Å². The highest BCUT2D eigenvalue weighted by Gasteiger charge is 2.13. The highest BCUT2D eigenvalue weighted by Crippen LogP contribution is 2.34. The zero-order valence-electron chi connectivity index (χ0n) is 12.0. The lowest BCUT2D eigenvalue weighted by Crippen LogP contribution is -1.97. The van der Waals surface area contributed by atoms with E-state index in [-0.39, 0.29) is 6.61 Å². The summed E-state index contributed by atoms with van der Waals surface area (Å²) < 4.78 is 13.3. The van der Waals surface area contributed by atoms with Crippen LogP contribution in [-0.4, -0.2) is 27.7 Å². The molecule has 1 N–H and O–H groups in total. The number of nitrogens with zero attached hydrogens (tertiary/aromatic N) is 2. The number of aliphatic hydroxyl groups excluding tert-OH is 1. The van der Waals surface area contributed by atoms with Crippen molar-refractivity contribution in [3.05, 3.63) is 48.3 Å². The van der Waals surface area contributed by atoms with Crippen molar-refractivity contribution in [1.82, 2.24) is 9.38 Å². The average Bonchev–Trinajstić information content (AvgIpc) is 2.85. The van der Waals surface area contributed by atoms with Gasteiger partial charge in [-0.05, 0) is 24.3 Å². The molecule has 0 radical (unpaired) electrons. The fourth-order valence-electron chi connectivity index (χ4n) is 2.66. The second kappa shape index (κ2) is 5.35. The van der Waals surface area contributed by atoms with E-state index in [0.29, 0.717) is 13.2 Å². The Morgan fingerprint density at radius 3 is 2.86 bits per heavy atom. The second-order valence-corrected chi connectivity index (χ2v) is 5.26. The summed E-state index contributed by atoms with van der Waals surface area (Å²) in [5.41, 5.74) is 3.39. The molecule has 0 spiro atoms. The van der Waals surface area contributed by atoms with E-state index in [0.717, 1.165) is 40.4 Å². The van der Waals surface area contributed by atoms with E-state index in [1.165, 1.54) is 0 Å². The van der Waals surface area contributed by atoms with E-state index in [9.17, 15) is 5.11 Å². The van der Waals surface area contributed by atoms with Gasteiger partial charge in [-0.1, -0.05) is 6.07 Å². The molecular weight excluding hydrogens is 280 g/mol. The quantitative estimate of drug-likeness (QED) is 0.790. The average molecular weight is 296 g/mol. The van der Waals surface area contributed by atoms with Crippen LogP contribution in [0.25, 0.3) is 16.9 Å². The maximum absolute atomic E-state index is 9.41. The van der Waals surface area contributed by atoms with Crippen LogP contribution in [0.1, 0.15) is 12.0 Å². The molecule has 0 amide bonds. The topological polar surface area (TPSA) is 56.0 Å². The minimum atomic E-state index is -0.0259. The molecule has 0 fully saturated rings. The molecule has 5 heteroatoms. The number of aliphatic hydroxyl groups is 1. The van der Waals surface area contributed by atoms with Gasteiger partial charge in [0, 0.05) is 29.9 Å². The van der Waals surface area contributed by atoms with Crippen molar-refractivity contribution in [2.45, 2.75) is 13.0 Å². The lowest BCUT2D eigenvalue weighted by molar-refractivity contribution is 0.282. The highest BCUT2D eigenvalue weighted by molar-refractivity contribution is 5.67. The molecule has 0 unspecified atom stereocenters. The van der Waals surface area contributed by atoms with Crippen LogP contribution < -0.4 is 9.47 Å². The molecule has 0 saturated carbocycles. The summed E-state index contributed by atoms with van der Waals surface area (Å²) in [6.45, 7) is 1.32. The Balaban J connectivity index is 1.80. The third-order valence-electron chi connectivity index (χ3n) is 3.78. The van der Waals surface area contributed by atoms with Crippen LogP contribution in [0.2, 0.25) is 0 Å². The zero-order chi connectivity index (χ0) is 14.9. The summed E-state index contributed by atoms with van der Waals surface area (Å²) in [5, 5.41) is 9.41. The minimum absolute atomic E-state index is 0.0259. The van der Waals surface area contributed by atoms with Crippen molar-refractivity contribution in [3.63, 3.8) is 0 Å². The molecule has 2 aromatic heterocycles. The van der Waals surface area contributed by atoms with Gasteiger partial charge in [0.2, 0.25) is 0 Å². The van der Waals surface area contributed by atoms with E-state index >= 15 is 0 Å². The molecule has 0 atom stereocenters. The normalized spacial score (nSPS) is 14.0. The van der Waals surface area contributed by atoms with Gasteiger partial charge in [-0.2, -0.15) is 0 Å². The van der Waals surface area contributed by atoms with Crippen LogP contribution in [0.4, 0.5) is 0 Å². The van der Waals surface area contributed by atoms with E-state index in [1.54, 1.807) is 0 Å². The number of ether oxygens (including phenoxy) is 2. The first-order chi connectivity index (χ1) is 10.8. The van der Waals surface area contributed by atoms with Crippen molar-refractivity contribution in [2.75, 3.05) is 13.2 Å². The first-order valence-corrected chi connectivity index (χ1v) is 7.32. The molecule has 22 heavy (non-hydrogen) atoms. The second-order valence-electron chi connectivity index (χ2n) is 5.26. The Morgan fingerprint density at radius 1 is 1.14 bits per heavy atom. The number of hydrogen-bond acceptors (Lipinski definition) is 4. The summed E-state index contributed by atoms with van der Waals surface area (Å²) in [6, 6.07) is 9.64. The van der Waals surface area contributed by atoms with E-state index in [4.69, 9.17) is 9.47 Å². The van der Waals surface area contributed by atoms with Crippen molar-refractivity contribution in [1.29, 1.82) is 0 Å². The predicted octanol–water partition coefficient (Wildman–Crippen LogP) is 2.65. The van der Waals surface area contributed by atoms with Crippen molar-refractivity contribution < 1.29 is 14.6 Å². The highest BCUT2D eigenvalue weighted by atomic mass is 16.5. The van der Waals surface area contributed by atoms with Crippen molar-refractivity contribution in [2.24, 2.45) is 0 Å². The van der Waals surface area contributed by atoms with Gasteiger partial charge < -0.3 is 19.0 Å². The number of fused-ring (bicyclic) bond motifs is 2. The number of rotatable bonds is 2. The molecule has 0 saturated heterocycles. The molecule has 4 rings (SSSR count). The summed E-state index contributed by atoms with van der Waals surface area (Å²) in [4.78, 5) is 4.63. The number of imidazole rings is 1. The van der Waals surface area contributed by atoms with Crippen LogP contribution >= 0.6 is 0 Å². The molecule has 112 valence electrons. The predicted molar refractivity (Wildman–Crippen MR) is 82.2 cm³/mol. The Morgan fingerprint density at radius 2 is 2.00 bits per heavy atom. The zero-order valence-corrected chi connectivity index (χ0v) is 12.0. The minimum Gasteiger partial charge on any atom is -0.490 e. The molecule has 3 heterocycles. The largest absolute Gasteiger partial charge is 0.490 e. The standard InChI is InChI=1S/C17H16N2O3/c20-11-13-3-1-6-19-10-14(18-17(13)19)12-4-5-15-16(9-12)22-8-2-7-21-15/h1,3-6,9-10,20H,2,7-8,11H2. The molecule has 0 bridgehead atoms. The fourth-order valence-corrected chi connectivity index (χ4v) is 2.66.